The molecule has 1 N–H and O–H groups in total. The van der Waals surface area contributed by atoms with Crippen molar-refractivity contribution < 1.29 is 17.9 Å². The second-order valence-electron chi connectivity index (χ2n) is 10.1. The van der Waals surface area contributed by atoms with Crippen molar-refractivity contribution in [3.05, 3.63) is 60.4 Å². The highest BCUT2D eigenvalue weighted by Crippen LogP contribution is 2.39. The highest BCUT2D eigenvalue weighted by Gasteiger charge is 2.41. The molecule has 1 aromatic carbocycles. The number of sulfonamides is 1. The van der Waals surface area contributed by atoms with Crippen molar-refractivity contribution in [3.63, 3.8) is 0 Å². The molecule has 3 heterocycles. The SMILES string of the molecule is CC(C)COc1cnn(-c2ccc(C(=O)NS(=O)(=O)c3ccccc3)c(N3CCC(C)C3(C)C)n2)c1. The zero-order valence-electron chi connectivity index (χ0n) is 21.3. The Morgan fingerprint density at radius 1 is 1.19 bits per heavy atom. The molecule has 1 saturated heterocycles. The molecule has 9 nitrogen and oxygen atoms in total. The number of benzene rings is 1. The summed E-state index contributed by atoms with van der Waals surface area (Å²) in [7, 11) is -4.04. The molecule has 1 aliphatic heterocycles. The molecule has 0 saturated carbocycles. The minimum absolute atomic E-state index is 0.0186. The normalized spacial score (nSPS) is 17.4. The number of aromatic nitrogens is 3. The average molecular weight is 512 g/mol. The average Bonchev–Trinajstić information content (AvgIpc) is 3.41. The molecule has 2 aromatic heterocycles. The maximum atomic E-state index is 13.3. The minimum Gasteiger partial charge on any atom is -0.490 e. The predicted molar refractivity (Wildman–Crippen MR) is 138 cm³/mol. The molecule has 10 heteroatoms. The number of nitrogens with zero attached hydrogens (tertiary/aromatic N) is 4. The lowest BCUT2D eigenvalue weighted by Gasteiger charge is -2.36. The molecule has 1 atom stereocenters. The van der Waals surface area contributed by atoms with Gasteiger partial charge in [0.1, 0.15) is 5.82 Å². The molecule has 0 bridgehead atoms. The van der Waals surface area contributed by atoms with Crippen LogP contribution >= 0.6 is 0 Å². The van der Waals surface area contributed by atoms with Crippen LogP contribution in [-0.2, 0) is 10.0 Å². The summed E-state index contributed by atoms with van der Waals surface area (Å²) in [6, 6.07) is 11.1. The van der Waals surface area contributed by atoms with E-state index in [1.165, 1.54) is 12.1 Å². The largest absolute Gasteiger partial charge is 0.490 e. The van der Waals surface area contributed by atoms with Crippen LogP contribution in [0.2, 0.25) is 0 Å². The monoisotopic (exact) mass is 511 g/mol. The smallest absolute Gasteiger partial charge is 0.268 e. The molecule has 4 rings (SSSR count). The second-order valence-corrected chi connectivity index (χ2v) is 11.8. The Hall–Kier alpha value is -3.40. The minimum atomic E-state index is -4.04. The molecule has 1 amide bonds. The van der Waals surface area contributed by atoms with Crippen molar-refractivity contribution in [3.8, 4) is 11.6 Å². The molecule has 1 fully saturated rings. The van der Waals surface area contributed by atoms with E-state index in [4.69, 9.17) is 9.72 Å². The fourth-order valence-electron chi connectivity index (χ4n) is 4.16. The van der Waals surface area contributed by atoms with Crippen LogP contribution in [0.15, 0.2) is 59.8 Å². The van der Waals surface area contributed by atoms with Gasteiger partial charge in [-0.15, -0.1) is 0 Å². The van der Waals surface area contributed by atoms with Crippen LogP contribution in [-0.4, -0.2) is 47.8 Å². The topological polar surface area (TPSA) is 106 Å². The van der Waals surface area contributed by atoms with Gasteiger partial charge in [-0.2, -0.15) is 5.10 Å². The summed E-state index contributed by atoms with van der Waals surface area (Å²) >= 11 is 0. The number of hydrogen-bond donors (Lipinski definition) is 1. The van der Waals surface area contributed by atoms with Crippen molar-refractivity contribution in [2.45, 2.75) is 51.5 Å². The number of pyridine rings is 1. The van der Waals surface area contributed by atoms with Crippen LogP contribution in [0, 0.1) is 11.8 Å². The van der Waals surface area contributed by atoms with E-state index < -0.39 is 15.9 Å². The van der Waals surface area contributed by atoms with E-state index in [9.17, 15) is 13.2 Å². The van der Waals surface area contributed by atoms with Gasteiger partial charge in [0.05, 0.1) is 29.5 Å². The summed E-state index contributed by atoms with van der Waals surface area (Å²) in [6.45, 7) is 11.8. The lowest BCUT2D eigenvalue weighted by Crippen LogP contribution is -2.43. The summed E-state index contributed by atoms with van der Waals surface area (Å²) < 4.78 is 35.2. The maximum absolute atomic E-state index is 13.3. The molecule has 0 spiro atoms. The number of carbonyl (C=O) groups is 1. The van der Waals surface area contributed by atoms with Gasteiger partial charge in [0, 0.05) is 12.1 Å². The number of nitrogens with one attached hydrogen (secondary N) is 1. The molecular weight excluding hydrogens is 478 g/mol. The van der Waals surface area contributed by atoms with Crippen molar-refractivity contribution in [2.75, 3.05) is 18.1 Å². The van der Waals surface area contributed by atoms with Crippen LogP contribution < -0.4 is 14.4 Å². The first-order valence-electron chi connectivity index (χ1n) is 12.1. The number of ether oxygens (including phenoxy) is 1. The fourth-order valence-corrected chi connectivity index (χ4v) is 5.15. The van der Waals surface area contributed by atoms with Crippen molar-refractivity contribution in [1.29, 1.82) is 0 Å². The first-order valence-corrected chi connectivity index (χ1v) is 13.6. The van der Waals surface area contributed by atoms with E-state index in [2.05, 4.69) is 49.3 Å². The summed E-state index contributed by atoms with van der Waals surface area (Å²) in [5.41, 5.74) is -0.0990. The summed E-state index contributed by atoms with van der Waals surface area (Å²) in [5, 5.41) is 4.37. The van der Waals surface area contributed by atoms with Crippen molar-refractivity contribution in [1.82, 2.24) is 19.5 Å². The van der Waals surface area contributed by atoms with Gasteiger partial charge in [0.15, 0.2) is 11.6 Å². The van der Waals surface area contributed by atoms with E-state index in [0.717, 1.165) is 6.42 Å². The Balaban J connectivity index is 1.71. The lowest BCUT2D eigenvalue weighted by atomic mass is 9.90. The van der Waals surface area contributed by atoms with Gasteiger partial charge in [-0.05, 0) is 56.4 Å². The lowest BCUT2D eigenvalue weighted by molar-refractivity contribution is 0.0981. The molecule has 1 aliphatic rings. The van der Waals surface area contributed by atoms with E-state index in [1.54, 1.807) is 47.4 Å². The van der Waals surface area contributed by atoms with Gasteiger partial charge in [-0.1, -0.05) is 39.0 Å². The Morgan fingerprint density at radius 2 is 1.92 bits per heavy atom. The molecule has 36 heavy (non-hydrogen) atoms. The number of carbonyl (C=O) groups excluding carboxylic acids is 1. The third-order valence-corrected chi connectivity index (χ3v) is 8.05. The predicted octanol–water partition coefficient (Wildman–Crippen LogP) is 4.05. The molecule has 3 aromatic rings. The Morgan fingerprint density at radius 3 is 2.56 bits per heavy atom. The van der Waals surface area contributed by atoms with Crippen LogP contribution in [0.3, 0.4) is 0 Å². The van der Waals surface area contributed by atoms with Gasteiger partial charge in [0.2, 0.25) is 0 Å². The van der Waals surface area contributed by atoms with Crippen LogP contribution in [0.4, 0.5) is 5.82 Å². The summed E-state index contributed by atoms with van der Waals surface area (Å²) in [5.74, 6) is 1.54. The fraction of sp³-hybridized carbons (Fsp3) is 0.423. The molecule has 0 radical (unpaired) electrons. The number of rotatable bonds is 8. The van der Waals surface area contributed by atoms with E-state index in [0.29, 0.717) is 42.4 Å². The molecule has 0 aliphatic carbocycles. The van der Waals surface area contributed by atoms with Crippen LogP contribution in [0.5, 0.6) is 5.75 Å². The Labute approximate surface area is 212 Å². The van der Waals surface area contributed by atoms with Gasteiger partial charge in [-0.3, -0.25) is 4.79 Å². The highest BCUT2D eigenvalue weighted by molar-refractivity contribution is 7.90. The summed E-state index contributed by atoms with van der Waals surface area (Å²) in [6.07, 6.45) is 4.29. The van der Waals surface area contributed by atoms with Gasteiger partial charge < -0.3 is 9.64 Å². The van der Waals surface area contributed by atoms with Crippen molar-refractivity contribution >= 4 is 21.7 Å². The number of anilines is 1. The van der Waals surface area contributed by atoms with E-state index in [-0.39, 0.29) is 16.0 Å². The Bertz CT molecular complexity index is 1340. The quantitative estimate of drug-likeness (QED) is 0.486. The molecule has 1 unspecified atom stereocenters. The zero-order valence-corrected chi connectivity index (χ0v) is 22.1. The molecular formula is C26H33N5O4S. The first kappa shape index (κ1) is 25.7. The van der Waals surface area contributed by atoms with Crippen LogP contribution in [0.1, 0.15) is 51.4 Å². The van der Waals surface area contributed by atoms with Gasteiger partial charge >= 0.3 is 0 Å². The van der Waals surface area contributed by atoms with Crippen molar-refractivity contribution in [2.24, 2.45) is 11.8 Å². The van der Waals surface area contributed by atoms with Gasteiger partial charge in [-0.25, -0.2) is 22.8 Å². The second kappa shape index (κ2) is 9.93. The maximum Gasteiger partial charge on any atom is 0.268 e. The van der Waals surface area contributed by atoms with Gasteiger partial charge in [0.25, 0.3) is 15.9 Å². The zero-order chi connectivity index (χ0) is 26.1. The summed E-state index contributed by atoms with van der Waals surface area (Å²) in [4.78, 5) is 20.2. The molecule has 192 valence electrons. The Kier molecular flexibility index (Phi) is 7.08. The standard InChI is InChI=1S/C26H33N5O4S/c1-18(2)17-35-20-15-27-31(16-20)23-12-11-22(24(28-23)30-14-13-19(3)26(30,4)5)25(32)29-36(33,34)21-9-7-6-8-10-21/h6-12,15-16,18-19H,13-14,17H2,1-5H3,(H,29,32). The number of amides is 1. The number of hydrogen-bond acceptors (Lipinski definition) is 7. The third kappa shape index (κ3) is 5.23. The van der Waals surface area contributed by atoms with Crippen LogP contribution in [0.25, 0.3) is 5.82 Å². The highest BCUT2D eigenvalue weighted by atomic mass is 32.2. The van der Waals surface area contributed by atoms with E-state index >= 15 is 0 Å². The first-order chi connectivity index (χ1) is 17.0. The van der Waals surface area contributed by atoms with E-state index in [1.807, 2.05) is 0 Å². The third-order valence-electron chi connectivity index (χ3n) is 6.71.